The van der Waals surface area contributed by atoms with Gasteiger partial charge in [-0.3, -0.25) is 4.79 Å². The summed E-state index contributed by atoms with van der Waals surface area (Å²) in [4.78, 5) is 30.4. The zero-order valence-corrected chi connectivity index (χ0v) is 15.7. The Hall–Kier alpha value is -3.67. The highest BCUT2D eigenvalue weighted by atomic mass is 16.1. The van der Waals surface area contributed by atoms with Crippen LogP contribution >= 0.6 is 0 Å². The van der Waals surface area contributed by atoms with Crippen molar-refractivity contribution in [2.75, 3.05) is 10.2 Å². The van der Waals surface area contributed by atoms with Gasteiger partial charge in [-0.25, -0.2) is 15.0 Å². The average molecular weight is 388 g/mol. The van der Waals surface area contributed by atoms with E-state index in [1.54, 1.807) is 12.4 Å². The normalized spacial score (nSPS) is 23.1. The van der Waals surface area contributed by atoms with E-state index in [0.717, 1.165) is 42.4 Å². The summed E-state index contributed by atoms with van der Waals surface area (Å²) in [7, 11) is 0. The van der Waals surface area contributed by atoms with Crippen LogP contribution in [0.2, 0.25) is 0 Å². The van der Waals surface area contributed by atoms with E-state index in [4.69, 9.17) is 11.0 Å². The molecule has 0 spiro atoms. The predicted molar refractivity (Wildman–Crippen MR) is 107 cm³/mol. The van der Waals surface area contributed by atoms with Crippen LogP contribution in [0, 0.1) is 11.3 Å². The van der Waals surface area contributed by atoms with E-state index >= 15 is 0 Å². The Kier molecular flexibility index (Phi) is 4.05. The molecule has 3 aromatic heterocycles. The SMILES string of the molecule is N#Cc1cnc(N2C3CCC2CC(Nc2c(C(N)=O)cnc4[nH]ccc24)C3)nc1. The summed E-state index contributed by atoms with van der Waals surface area (Å²) in [6.07, 6.45) is 10.4. The Balaban J connectivity index is 1.40. The maximum atomic E-state index is 11.9. The number of aromatic amines is 1. The van der Waals surface area contributed by atoms with Crippen LogP contribution < -0.4 is 16.0 Å². The number of anilines is 2. The van der Waals surface area contributed by atoms with Crippen molar-refractivity contribution in [2.45, 2.75) is 43.8 Å². The topological polar surface area (TPSA) is 137 Å². The Labute approximate surface area is 167 Å². The number of fused-ring (bicyclic) bond motifs is 3. The lowest BCUT2D eigenvalue weighted by Crippen LogP contribution is -2.48. The molecule has 146 valence electrons. The molecule has 9 heteroatoms. The number of nitrogens with two attached hydrogens (primary N) is 1. The van der Waals surface area contributed by atoms with Gasteiger partial charge in [0, 0.05) is 35.9 Å². The lowest BCUT2D eigenvalue weighted by atomic mass is 9.96. The third kappa shape index (κ3) is 2.93. The summed E-state index contributed by atoms with van der Waals surface area (Å²) in [5.74, 6) is 0.194. The number of nitrogens with zero attached hydrogens (tertiary/aromatic N) is 5. The summed E-state index contributed by atoms with van der Waals surface area (Å²) in [6.45, 7) is 0. The summed E-state index contributed by atoms with van der Waals surface area (Å²) >= 11 is 0. The first kappa shape index (κ1) is 17.4. The second-order valence-electron chi connectivity index (χ2n) is 7.64. The van der Waals surface area contributed by atoms with Crippen LogP contribution in [0.25, 0.3) is 11.0 Å². The molecule has 3 aromatic rings. The van der Waals surface area contributed by atoms with Crippen molar-refractivity contribution in [3.63, 3.8) is 0 Å². The number of carbonyl (C=O) groups is 1. The summed E-state index contributed by atoms with van der Waals surface area (Å²) in [5, 5.41) is 13.4. The summed E-state index contributed by atoms with van der Waals surface area (Å²) < 4.78 is 0. The minimum atomic E-state index is -0.491. The molecule has 5 rings (SSSR count). The molecule has 2 unspecified atom stereocenters. The van der Waals surface area contributed by atoms with Gasteiger partial charge in [0.15, 0.2) is 0 Å². The fourth-order valence-corrected chi connectivity index (χ4v) is 4.69. The van der Waals surface area contributed by atoms with Crippen molar-refractivity contribution < 1.29 is 4.79 Å². The molecule has 2 saturated heterocycles. The highest BCUT2D eigenvalue weighted by Gasteiger charge is 2.42. The molecule has 2 aliphatic rings. The molecule has 0 aliphatic carbocycles. The van der Waals surface area contributed by atoms with Crippen molar-refractivity contribution in [1.29, 1.82) is 5.26 Å². The standard InChI is InChI=1S/C20H20N8O/c21-7-11-8-25-20(26-9-11)28-13-1-2-14(28)6-12(5-13)27-17-15-3-4-23-19(15)24-10-16(17)18(22)29/h3-4,8-10,12-14H,1-2,5-6H2,(H2,22,29)(H2,23,24,27). The second-order valence-corrected chi connectivity index (χ2v) is 7.64. The van der Waals surface area contributed by atoms with Crippen molar-refractivity contribution >= 4 is 28.6 Å². The first-order valence-corrected chi connectivity index (χ1v) is 9.67. The fraction of sp³-hybridized carbons (Fsp3) is 0.350. The van der Waals surface area contributed by atoms with Crippen molar-refractivity contribution in [2.24, 2.45) is 5.73 Å². The minimum absolute atomic E-state index is 0.209. The predicted octanol–water partition coefficient (Wildman–Crippen LogP) is 1.94. The molecule has 0 aromatic carbocycles. The molecule has 29 heavy (non-hydrogen) atoms. The van der Waals surface area contributed by atoms with E-state index in [9.17, 15) is 4.79 Å². The van der Waals surface area contributed by atoms with Gasteiger partial charge in [0.25, 0.3) is 5.91 Å². The van der Waals surface area contributed by atoms with Gasteiger partial charge in [-0.15, -0.1) is 0 Å². The highest BCUT2D eigenvalue weighted by Crippen LogP contribution is 2.39. The number of pyridine rings is 1. The summed E-state index contributed by atoms with van der Waals surface area (Å²) in [6, 6.07) is 4.81. The van der Waals surface area contributed by atoms with E-state index in [0.29, 0.717) is 29.2 Å². The highest BCUT2D eigenvalue weighted by molar-refractivity contribution is 6.06. The van der Waals surface area contributed by atoms with Crippen LogP contribution in [-0.2, 0) is 0 Å². The first-order chi connectivity index (χ1) is 14.1. The smallest absolute Gasteiger partial charge is 0.252 e. The number of carbonyl (C=O) groups excluding carboxylic acids is 1. The van der Waals surface area contributed by atoms with E-state index < -0.39 is 5.91 Å². The van der Waals surface area contributed by atoms with Gasteiger partial charge in [0.2, 0.25) is 5.95 Å². The molecule has 9 nitrogen and oxygen atoms in total. The van der Waals surface area contributed by atoms with Crippen LogP contribution in [0.3, 0.4) is 0 Å². The molecule has 4 N–H and O–H groups in total. The molecule has 2 fully saturated rings. The molecular formula is C20H20N8O. The molecule has 0 radical (unpaired) electrons. The van der Waals surface area contributed by atoms with Crippen LogP contribution in [0.4, 0.5) is 11.6 Å². The summed E-state index contributed by atoms with van der Waals surface area (Å²) in [5.41, 5.74) is 7.93. The lowest BCUT2D eigenvalue weighted by molar-refractivity contribution is 0.100. The molecule has 2 bridgehead atoms. The Morgan fingerprint density at radius 1 is 1.21 bits per heavy atom. The number of H-pyrrole nitrogens is 1. The quantitative estimate of drug-likeness (QED) is 0.621. The van der Waals surface area contributed by atoms with Gasteiger partial charge < -0.3 is 20.9 Å². The molecule has 1 amide bonds. The maximum Gasteiger partial charge on any atom is 0.252 e. The van der Waals surface area contributed by atoms with Gasteiger partial charge in [0.05, 0.1) is 29.2 Å². The van der Waals surface area contributed by atoms with Gasteiger partial charge in [0.1, 0.15) is 11.7 Å². The molecule has 0 saturated carbocycles. The maximum absolute atomic E-state index is 11.9. The minimum Gasteiger partial charge on any atom is -0.381 e. The number of primary amides is 1. The number of hydrogen-bond acceptors (Lipinski definition) is 7. The van der Waals surface area contributed by atoms with E-state index in [-0.39, 0.29) is 6.04 Å². The molecule has 5 heterocycles. The molecule has 2 atom stereocenters. The Bertz CT molecular complexity index is 1100. The van der Waals surface area contributed by atoms with Gasteiger partial charge in [-0.2, -0.15) is 5.26 Å². The number of hydrogen-bond donors (Lipinski definition) is 3. The average Bonchev–Trinajstić information content (AvgIpc) is 3.31. The van der Waals surface area contributed by atoms with Gasteiger partial charge in [-0.05, 0) is 31.7 Å². The molecular weight excluding hydrogens is 368 g/mol. The zero-order chi connectivity index (χ0) is 20.0. The number of rotatable bonds is 4. The Morgan fingerprint density at radius 3 is 2.59 bits per heavy atom. The third-order valence-electron chi connectivity index (χ3n) is 5.93. The second kappa shape index (κ2) is 6.74. The third-order valence-corrected chi connectivity index (χ3v) is 5.93. The van der Waals surface area contributed by atoms with Crippen LogP contribution in [0.1, 0.15) is 41.6 Å². The Morgan fingerprint density at radius 2 is 1.93 bits per heavy atom. The van der Waals surface area contributed by atoms with Crippen molar-refractivity contribution in [3.05, 3.63) is 42.0 Å². The fourth-order valence-electron chi connectivity index (χ4n) is 4.69. The van der Waals surface area contributed by atoms with E-state index in [2.05, 4.69) is 36.2 Å². The number of aromatic nitrogens is 4. The van der Waals surface area contributed by atoms with Gasteiger partial charge in [-0.1, -0.05) is 0 Å². The van der Waals surface area contributed by atoms with Gasteiger partial charge >= 0.3 is 0 Å². The number of piperidine rings is 1. The largest absolute Gasteiger partial charge is 0.381 e. The van der Waals surface area contributed by atoms with Crippen LogP contribution in [0.15, 0.2) is 30.9 Å². The zero-order valence-electron chi connectivity index (χ0n) is 15.7. The number of nitriles is 1. The first-order valence-electron chi connectivity index (χ1n) is 9.67. The molecule has 2 aliphatic heterocycles. The van der Waals surface area contributed by atoms with Crippen LogP contribution in [0.5, 0.6) is 0 Å². The number of amides is 1. The monoisotopic (exact) mass is 388 g/mol. The van der Waals surface area contributed by atoms with Crippen LogP contribution in [-0.4, -0.2) is 44.0 Å². The lowest BCUT2D eigenvalue weighted by Gasteiger charge is -2.39. The van der Waals surface area contributed by atoms with Crippen molar-refractivity contribution in [3.8, 4) is 6.07 Å². The van der Waals surface area contributed by atoms with E-state index in [1.165, 1.54) is 6.20 Å². The van der Waals surface area contributed by atoms with Crippen molar-refractivity contribution in [1.82, 2.24) is 19.9 Å². The number of nitrogens with one attached hydrogen (secondary N) is 2. The van der Waals surface area contributed by atoms with E-state index in [1.807, 2.05) is 12.3 Å².